The molecule has 202 valence electrons. The molecule has 3 saturated carbocycles. The highest BCUT2D eigenvalue weighted by atomic mass is 16.7. The van der Waals surface area contributed by atoms with E-state index in [0.717, 1.165) is 44.9 Å². The van der Waals surface area contributed by atoms with Crippen LogP contribution in [0.1, 0.15) is 79.6 Å². The quantitative estimate of drug-likeness (QED) is 0.180. The molecule has 0 saturated heterocycles. The van der Waals surface area contributed by atoms with Gasteiger partial charge < -0.3 is 19.1 Å². The third-order valence-corrected chi connectivity index (χ3v) is 10.5. The van der Waals surface area contributed by atoms with Crippen LogP contribution in [0.25, 0.3) is 0 Å². The molecule has 8 atom stereocenters. The van der Waals surface area contributed by atoms with Gasteiger partial charge in [0, 0.05) is 25.7 Å². The Morgan fingerprint density at radius 3 is 2.51 bits per heavy atom. The van der Waals surface area contributed by atoms with Crippen molar-refractivity contribution in [3.05, 3.63) is 11.6 Å². The van der Waals surface area contributed by atoms with Crippen molar-refractivity contribution >= 4 is 29.3 Å². The maximum atomic E-state index is 12.7. The smallest absolute Gasteiger partial charge is 0.356 e. The lowest BCUT2D eigenvalue weighted by Gasteiger charge is -2.58. The van der Waals surface area contributed by atoms with Gasteiger partial charge in [0.2, 0.25) is 0 Å². The Labute approximate surface area is 218 Å². The molecule has 5 rings (SSSR count). The largest absolute Gasteiger partial charge is 0.464 e. The molecule has 1 heterocycles. The zero-order valence-corrected chi connectivity index (χ0v) is 22.7. The summed E-state index contributed by atoms with van der Waals surface area (Å²) in [6, 6.07) is 0. The molecule has 37 heavy (non-hydrogen) atoms. The monoisotopic (exact) mass is 514 g/mol. The summed E-state index contributed by atoms with van der Waals surface area (Å²) in [5, 5.41) is 8.40. The molecule has 4 aliphatic carbocycles. The summed E-state index contributed by atoms with van der Waals surface area (Å²) in [5.41, 5.74) is 0.962. The molecule has 0 aromatic carbocycles. The lowest BCUT2D eigenvalue weighted by Crippen LogP contribution is -2.59. The van der Waals surface area contributed by atoms with Crippen LogP contribution in [0.4, 0.5) is 0 Å². The van der Waals surface area contributed by atoms with E-state index in [1.165, 1.54) is 26.5 Å². The molecular formula is C28H38N2O7. The standard InChI is InChI=1S/C28H38N2O7/c1-15(29-36-17(3)32)28-23(24(30-37-28)25(33)34-6)14-22-20-8-7-18-13-19(35-16(2)31)9-11-26(18,4)21(20)10-12-27(22,28)5/h7,19-23H,8-14H2,1-6H3/b29-15+/t19-,20-,21+,22-,23-,26-,27-,28+/m0/s1. The van der Waals surface area contributed by atoms with Gasteiger partial charge in [0.05, 0.1) is 13.0 Å². The number of rotatable bonds is 4. The van der Waals surface area contributed by atoms with Crippen molar-refractivity contribution in [2.75, 3.05) is 7.11 Å². The van der Waals surface area contributed by atoms with E-state index in [1.807, 2.05) is 6.92 Å². The van der Waals surface area contributed by atoms with Crippen molar-refractivity contribution in [2.45, 2.75) is 91.3 Å². The molecule has 9 nitrogen and oxygen atoms in total. The predicted octanol–water partition coefficient (Wildman–Crippen LogP) is 4.34. The van der Waals surface area contributed by atoms with E-state index < -0.39 is 17.5 Å². The number of methoxy groups -OCH3 is 1. The summed E-state index contributed by atoms with van der Waals surface area (Å²) in [6.07, 6.45) is 8.59. The molecular weight excluding hydrogens is 476 g/mol. The molecule has 1 aliphatic heterocycles. The Bertz CT molecular complexity index is 1110. The molecule has 0 aromatic rings. The fourth-order valence-corrected chi connectivity index (χ4v) is 8.87. The second kappa shape index (κ2) is 8.95. The van der Waals surface area contributed by atoms with Gasteiger partial charge in [-0.05, 0) is 68.6 Å². The molecule has 0 amide bonds. The van der Waals surface area contributed by atoms with Gasteiger partial charge in [0.1, 0.15) is 11.8 Å². The van der Waals surface area contributed by atoms with Gasteiger partial charge in [-0.2, -0.15) is 0 Å². The predicted molar refractivity (Wildman–Crippen MR) is 134 cm³/mol. The highest BCUT2D eigenvalue weighted by Gasteiger charge is 2.74. The lowest BCUT2D eigenvalue weighted by atomic mass is 9.46. The summed E-state index contributed by atoms with van der Waals surface area (Å²) in [6.45, 7) is 9.22. The Morgan fingerprint density at radius 1 is 1.08 bits per heavy atom. The van der Waals surface area contributed by atoms with Crippen LogP contribution in [0.15, 0.2) is 22.0 Å². The molecule has 0 radical (unpaired) electrons. The number of fused-ring (bicyclic) bond motifs is 7. The van der Waals surface area contributed by atoms with Gasteiger partial charge in [-0.1, -0.05) is 35.8 Å². The number of carbonyl (C=O) groups excluding carboxylic acids is 3. The number of oxime groups is 2. The van der Waals surface area contributed by atoms with E-state index in [2.05, 4.69) is 30.2 Å². The first-order valence-electron chi connectivity index (χ1n) is 13.4. The van der Waals surface area contributed by atoms with Crippen molar-refractivity contribution in [1.29, 1.82) is 0 Å². The topological polar surface area (TPSA) is 113 Å². The Morgan fingerprint density at radius 2 is 1.84 bits per heavy atom. The number of carbonyl (C=O) groups is 3. The molecule has 3 fully saturated rings. The number of hydrogen-bond acceptors (Lipinski definition) is 9. The van der Waals surface area contributed by atoms with Crippen molar-refractivity contribution in [3.63, 3.8) is 0 Å². The van der Waals surface area contributed by atoms with Crippen LogP contribution in [-0.4, -0.2) is 48.1 Å². The van der Waals surface area contributed by atoms with Crippen LogP contribution in [0.2, 0.25) is 0 Å². The van der Waals surface area contributed by atoms with Gasteiger partial charge in [-0.3, -0.25) is 4.79 Å². The summed E-state index contributed by atoms with van der Waals surface area (Å²) in [4.78, 5) is 47.1. The SMILES string of the molecule is COC(=O)C1=NO[C@]2(/C(C)=N/OC(C)=O)[C@H]1C[C@H]1[C@H]3CC=C4C[C@@H](OC(C)=O)CC[C@]4(C)[C@@H]3CC[C@@]12C. The molecule has 0 spiro atoms. The maximum Gasteiger partial charge on any atom is 0.356 e. The first-order valence-corrected chi connectivity index (χ1v) is 13.4. The minimum Gasteiger partial charge on any atom is -0.464 e. The number of allylic oxidation sites excluding steroid dienone is 1. The van der Waals surface area contributed by atoms with E-state index in [1.54, 1.807) is 0 Å². The number of ether oxygens (including phenoxy) is 2. The zero-order chi connectivity index (χ0) is 26.8. The number of hydrogen-bond donors (Lipinski definition) is 0. The lowest BCUT2D eigenvalue weighted by molar-refractivity contribution is -0.149. The van der Waals surface area contributed by atoms with Gasteiger partial charge in [0.15, 0.2) is 11.3 Å². The van der Waals surface area contributed by atoms with Crippen molar-refractivity contribution in [2.24, 2.45) is 44.8 Å². The van der Waals surface area contributed by atoms with E-state index in [-0.39, 0.29) is 40.5 Å². The molecule has 5 aliphatic rings. The fourth-order valence-electron chi connectivity index (χ4n) is 8.87. The summed E-state index contributed by atoms with van der Waals surface area (Å²) in [5.74, 6) is -0.389. The van der Waals surface area contributed by atoms with Crippen LogP contribution in [-0.2, 0) is 33.5 Å². The second-order valence-corrected chi connectivity index (χ2v) is 12.0. The Balaban J connectivity index is 1.51. The molecule has 0 bridgehead atoms. The van der Waals surface area contributed by atoms with E-state index in [0.29, 0.717) is 17.5 Å². The molecule has 9 heteroatoms. The van der Waals surface area contributed by atoms with Crippen LogP contribution < -0.4 is 0 Å². The van der Waals surface area contributed by atoms with Crippen LogP contribution in [0, 0.1) is 34.5 Å². The van der Waals surface area contributed by atoms with Crippen LogP contribution in [0.5, 0.6) is 0 Å². The first-order chi connectivity index (χ1) is 17.5. The van der Waals surface area contributed by atoms with Crippen LogP contribution in [0.3, 0.4) is 0 Å². The second-order valence-electron chi connectivity index (χ2n) is 12.0. The molecule has 0 N–H and O–H groups in total. The van der Waals surface area contributed by atoms with Crippen molar-refractivity contribution < 1.29 is 33.5 Å². The third-order valence-electron chi connectivity index (χ3n) is 10.5. The Hall–Kier alpha value is -2.71. The van der Waals surface area contributed by atoms with Crippen molar-refractivity contribution in [1.82, 2.24) is 0 Å². The summed E-state index contributed by atoms with van der Waals surface area (Å²) < 4.78 is 10.6. The van der Waals surface area contributed by atoms with Crippen molar-refractivity contribution in [3.8, 4) is 0 Å². The van der Waals surface area contributed by atoms with Gasteiger partial charge in [0.25, 0.3) is 0 Å². The highest BCUT2D eigenvalue weighted by Crippen LogP contribution is 2.70. The van der Waals surface area contributed by atoms with Gasteiger partial charge in [-0.15, -0.1) is 0 Å². The van der Waals surface area contributed by atoms with Gasteiger partial charge >= 0.3 is 17.9 Å². The number of esters is 2. The van der Waals surface area contributed by atoms with Crippen LogP contribution >= 0.6 is 0 Å². The average Bonchev–Trinajstić information content (AvgIpc) is 3.35. The average molecular weight is 515 g/mol. The van der Waals surface area contributed by atoms with E-state index in [9.17, 15) is 14.4 Å². The normalized spacial score (nSPS) is 42.1. The minimum absolute atomic E-state index is 0.0382. The minimum atomic E-state index is -0.973. The molecule has 0 unspecified atom stereocenters. The molecule has 0 aromatic heterocycles. The number of nitrogens with zero attached hydrogens (tertiary/aromatic N) is 2. The van der Waals surface area contributed by atoms with E-state index >= 15 is 0 Å². The Kier molecular flexibility index (Phi) is 6.27. The highest BCUT2D eigenvalue weighted by molar-refractivity contribution is 6.38. The zero-order valence-electron chi connectivity index (χ0n) is 22.7. The third kappa shape index (κ3) is 3.67. The summed E-state index contributed by atoms with van der Waals surface area (Å²) in [7, 11) is 1.35. The first kappa shape index (κ1) is 25.9. The van der Waals surface area contributed by atoms with E-state index in [4.69, 9.17) is 19.1 Å². The maximum absolute atomic E-state index is 12.7. The van der Waals surface area contributed by atoms with Gasteiger partial charge in [-0.25, -0.2) is 9.59 Å². The summed E-state index contributed by atoms with van der Waals surface area (Å²) >= 11 is 0. The fraction of sp³-hybridized carbons (Fsp3) is 0.750.